The second kappa shape index (κ2) is 4.43. The zero-order valence-electron chi connectivity index (χ0n) is 9.70. The molecule has 0 saturated heterocycles. The molecule has 1 heterocycles. The minimum atomic E-state index is -0.307. The molecule has 0 amide bonds. The van der Waals surface area contributed by atoms with Crippen molar-refractivity contribution in [3.05, 3.63) is 23.9 Å². The maximum Gasteiger partial charge on any atom is 0.330 e. The van der Waals surface area contributed by atoms with E-state index >= 15 is 0 Å². The highest BCUT2D eigenvalue weighted by atomic mass is 16.5. The fourth-order valence-electron chi connectivity index (χ4n) is 1.30. The quantitative estimate of drug-likeness (QED) is 0.527. The van der Waals surface area contributed by atoms with E-state index < -0.39 is 0 Å². The van der Waals surface area contributed by atoms with Crippen molar-refractivity contribution in [1.29, 1.82) is 0 Å². The SMILES string of the molecule is CCOC(=O)C=CC1=CN=C1C(C)(C)C. The number of hydrogen-bond acceptors (Lipinski definition) is 3. The van der Waals surface area contributed by atoms with Gasteiger partial charge in [0.05, 0.1) is 12.3 Å². The summed E-state index contributed by atoms with van der Waals surface area (Å²) in [5, 5.41) is 0. The van der Waals surface area contributed by atoms with Crippen LogP contribution in [0.2, 0.25) is 0 Å². The molecule has 0 radical (unpaired) electrons. The van der Waals surface area contributed by atoms with Gasteiger partial charge in [-0.3, -0.25) is 4.99 Å². The molecule has 0 aromatic rings. The summed E-state index contributed by atoms with van der Waals surface area (Å²) in [6.07, 6.45) is 4.96. The maximum absolute atomic E-state index is 11.1. The molecule has 1 aliphatic heterocycles. The van der Waals surface area contributed by atoms with E-state index in [-0.39, 0.29) is 11.4 Å². The van der Waals surface area contributed by atoms with Gasteiger partial charge in [-0.25, -0.2) is 4.79 Å². The number of carbonyl (C=O) groups excluding carboxylic acids is 1. The Balaban J connectivity index is 2.53. The highest BCUT2D eigenvalue weighted by molar-refractivity contribution is 6.10. The molecule has 0 aliphatic carbocycles. The van der Waals surface area contributed by atoms with E-state index in [0.717, 1.165) is 11.3 Å². The lowest BCUT2D eigenvalue weighted by Gasteiger charge is -2.26. The summed E-state index contributed by atoms with van der Waals surface area (Å²) in [4.78, 5) is 15.3. The van der Waals surface area contributed by atoms with Crippen LogP contribution in [0.5, 0.6) is 0 Å². The van der Waals surface area contributed by atoms with Crippen LogP contribution in [0.3, 0.4) is 0 Å². The van der Waals surface area contributed by atoms with Crippen LogP contribution in [0, 0.1) is 5.41 Å². The molecule has 1 aliphatic rings. The van der Waals surface area contributed by atoms with Crippen molar-refractivity contribution in [1.82, 2.24) is 0 Å². The maximum atomic E-state index is 11.1. The summed E-state index contributed by atoms with van der Waals surface area (Å²) in [5.41, 5.74) is 2.07. The monoisotopic (exact) mass is 207 g/mol. The Labute approximate surface area is 90.5 Å². The fourth-order valence-corrected chi connectivity index (χ4v) is 1.30. The molecule has 3 heteroatoms. The molecular formula is C12H17NO2. The van der Waals surface area contributed by atoms with Crippen LogP contribution >= 0.6 is 0 Å². The molecule has 0 spiro atoms. The predicted molar refractivity (Wildman–Crippen MR) is 60.7 cm³/mol. The number of carbonyl (C=O) groups is 1. The summed E-state index contributed by atoms with van der Waals surface area (Å²) < 4.78 is 4.79. The third-order valence-electron chi connectivity index (χ3n) is 2.00. The van der Waals surface area contributed by atoms with Crippen LogP contribution in [0.4, 0.5) is 0 Å². The first kappa shape index (κ1) is 11.7. The molecule has 0 bridgehead atoms. The van der Waals surface area contributed by atoms with Crippen molar-refractivity contribution < 1.29 is 9.53 Å². The molecule has 15 heavy (non-hydrogen) atoms. The van der Waals surface area contributed by atoms with Crippen LogP contribution in [-0.2, 0) is 9.53 Å². The number of esters is 1. The van der Waals surface area contributed by atoms with E-state index in [0.29, 0.717) is 6.61 Å². The molecular weight excluding hydrogens is 190 g/mol. The summed E-state index contributed by atoms with van der Waals surface area (Å²) in [7, 11) is 0. The third-order valence-corrected chi connectivity index (χ3v) is 2.00. The molecule has 0 saturated carbocycles. The minimum Gasteiger partial charge on any atom is -0.463 e. The lowest BCUT2D eigenvalue weighted by molar-refractivity contribution is -0.137. The molecule has 0 fully saturated rings. The van der Waals surface area contributed by atoms with Crippen LogP contribution in [0.25, 0.3) is 0 Å². The van der Waals surface area contributed by atoms with Crippen LogP contribution in [0.15, 0.2) is 28.9 Å². The van der Waals surface area contributed by atoms with Crippen molar-refractivity contribution in [3.8, 4) is 0 Å². The Morgan fingerprint density at radius 3 is 2.60 bits per heavy atom. The first-order chi connectivity index (χ1) is 6.95. The van der Waals surface area contributed by atoms with E-state index in [2.05, 4.69) is 25.8 Å². The Hall–Kier alpha value is -1.38. The molecule has 0 atom stereocenters. The molecule has 0 N–H and O–H groups in total. The number of rotatable bonds is 3. The van der Waals surface area contributed by atoms with Gasteiger partial charge in [0.15, 0.2) is 0 Å². The van der Waals surface area contributed by atoms with E-state index in [1.54, 1.807) is 19.2 Å². The summed E-state index contributed by atoms with van der Waals surface area (Å²) >= 11 is 0. The number of aliphatic imine (C=N–C) groups is 1. The Morgan fingerprint density at radius 2 is 2.20 bits per heavy atom. The lowest BCUT2D eigenvalue weighted by atomic mass is 9.83. The lowest BCUT2D eigenvalue weighted by Crippen LogP contribution is -2.25. The summed E-state index contributed by atoms with van der Waals surface area (Å²) in [6, 6.07) is 0. The smallest absolute Gasteiger partial charge is 0.330 e. The van der Waals surface area contributed by atoms with Gasteiger partial charge in [0.1, 0.15) is 0 Å². The molecule has 3 nitrogen and oxygen atoms in total. The van der Waals surface area contributed by atoms with Crippen molar-refractivity contribution in [2.24, 2.45) is 10.4 Å². The van der Waals surface area contributed by atoms with Crippen LogP contribution in [0.1, 0.15) is 27.7 Å². The average molecular weight is 207 g/mol. The van der Waals surface area contributed by atoms with E-state index in [4.69, 9.17) is 4.74 Å². The van der Waals surface area contributed by atoms with E-state index in [1.165, 1.54) is 6.08 Å². The van der Waals surface area contributed by atoms with Gasteiger partial charge in [-0.2, -0.15) is 0 Å². The second-order valence-corrected chi connectivity index (χ2v) is 4.40. The standard InChI is InChI=1S/C12H17NO2/c1-5-15-10(14)7-6-9-8-13-11(9)12(2,3)4/h6-8H,5H2,1-4H3. The topological polar surface area (TPSA) is 38.7 Å². The Morgan fingerprint density at radius 1 is 1.53 bits per heavy atom. The fraction of sp³-hybridized carbons (Fsp3) is 0.500. The van der Waals surface area contributed by atoms with Crippen molar-refractivity contribution in [2.45, 2.75) is 27.7 Å². The second-order valence-electron chi connectivity index (χ2n) is 4.40. The van der Waals surface area contributed by atoms with E-state index in [9.17, 15) is 4.79 Å². The molecule has 82 valence electrons. The molecule has 0 aromatic carbocycles. The van der Waals surface area contributed by atoms with Gasteiger partial charge in [-0.05, 0) is 13.0 Å². The molecule has 0 unspecified atom stereocenters. The van der Waals surface area contributed by atoms with Crippen molar-refractivity contribution in [3.63, 3.8) is 0 Å². The zero-order valence-corrected chi connectivity index (χ0v) is 9.70. The third kappa shape index (κ3) is 3.05. The Bertz CT molecular complexity index is 343. The highest BCUT2D eigenvalue weighted by Crippen LogP contribution is 2.27. The predicted octanol–water partition coefficient (Wildman–Crippen LogP) is 2.49. The van der Waals surface area contributed by atoms with Gasteiger partial charge in [0, 0.05) is 23.3 Å². The van der Waals surface area contributed by atoms with Gasteiger partial charge in [0.25, 0.3) is 0 Å². The number of allylic oxidation sites excluding steroid dienone is 2. The molecule has 0 aromatic heterocycles. The minimum absolute atomic E-state index is 0.0308. The largest absolute Gasteiger partial charge is 0.463 e. The van der Waals surface area contributed by atoms with Crippen molar-refractivity contribution in [2.75, 3.05) is 6.61 Å². The number of nitrogens with zero attached hydrogens (tertiary/aromatic N) is 1. The number of hydrogen-bond donors (Lipinski definition) is 0. The number of ether oxygens (including phenoxy) is 1. The Kier molecular flexibility index (Phi) is 3.45. The van der Waals surface area contributed by atoms with Gasteiger partial charge in [-0.1, -0.05) is 20.8 Å². The summed E-state index contributed by atoms with van der Waals surface area (Å²) in [6.45, 7) is 8.48. The summed E-state index contributed by atoms with van der Waals surface area (Å²) in [5.74, 6) is -0.307. The van der Waals surface area contributed by atoms with Gasteiger partial charge in [0.2, 0.25) is 0 Å². The van der Waals surface area contributed by atoms with Gasteiger partial charge < -0.3 is 4.74 Å². The highest BCUT2D eigenvalue weighted by Gasteiger charge is 2.25. The normalized spacial score (nSPS) is 15.7. The molecule has 1 rings (SSSR count). The van der Waals surface area contributed by atoms with Gasteiger partial charge >= 0.3 is 5.97 Å². The average Bonchev–Trinajstić information content (AvgIpc) is 1.99. The van der Waals surface area contributed by atoms with Crippen LogP contribution in [-0.4, -0.2) is 18.3 Å². The van der Waals surface area contributed by atoms with Crippen molar-refractivity contribution >= 4 is 11.7 Å². The first-order valence-corrected chi connectivity index (χ1v) is 5.09. The van der Waals surface area contributed by atoms with E-state index in [1.807, 2.05) is 0 Å². The zero-order chi connectivity index (χ0) is 11.5. The first-order valence-electron chi connectivity index (χ1n) is 5.09. The van der Waals surface area contributed by atoms with Crippen LogP contribution < -0.4 is 0 Å². The van der Waals surface area contributed by atoms with Gasteiger partial charge in [-0.15, -0.1) is 0 Å².